The van der Waals surface area contributed by atoms with E-state index in [0.717, 1.165) is 0 Å². The molecule has 0 saturated heterocycles. The van der Waals surface area contributed by atoms with E-state index in [2.05, 4.69) is 15.3 Å². The maximum Gasteiger partial charge on any atom is 0.311 e. The van der Waals surface area contributed by atoms with Crippen LogP contribution in [0.15, 0.2) is 12.4 Å². The van der Waals surface area contributed by atoms with Crippen molar-refractivity contribution in [2.24, 2.45) is 5.41 Å². The first-order valence-corrected chi connectivity index (χ1v) is 5.58. The summed E-state index contributed by atoms with van der Waals surface area (Å²) in [4.78, 5) is 19.1. The number of anilines is 1. The second-order valence-corrected chi connectivity index (χ2v) is 4.11. The largest absolute Gasteiger partial charge is 0.481 e. The highest BCUT2D eigenvalue weighted by atomic mass is 16.5. The Bertz CT molecular complexity index is 418. The fraction of sp³-hybridized carbons (Fsp3) is 0.545. The number of hydrogen-bond acceptors (Lipinski definition) is 5. The molecule has 1 aromatic heterocycles. The van der Waals surface area contributed by atoms with Crippen molar-refractivity contribution in [1.82, 2.24) is 9.97 Å². The molecule has 0 aliphatic heterocycles. The van der Waals surface area contributed by atoms with E-state index in [9.17, 15) is 4.79 Å². The van der Waals surface area contributed by atoms with Crippen LogP contribution in [0.5, 0.6) is 5.88 Å². The van der Waals surface area contributed by atoms with Gasteiger partial charge in [0.15, 0.2) is 0 Å². The molecule has 1 heterocycles. The first kappa shape index (κ1) is 11.6. The predicted molar refractivity (Wildman–Crippen MR) is 61.0 cm³/mol. The van der Waals surface area contributed by atoms with E-state index in [4.69, 9.17) is 9.84 Å². The highest BCUT2D eigenvalue weighted by Gasteiger charge is 2.50. The number of carboxylic acid groups (broad SMARTS) is 1. The molecule has 2 rings (SSSR count). The summed E-state index contributed by atoms with van der Waals surface area (Å²) in [6.07, 6.45) is 4.51. The summed E-state index contributed by atoms with van der Waals surface area (Å²) in [7, 11) is 0. The Balaban J connectivity index is 1.95. The van der Waals surface area contributed by atoms with Gasteiger partial charge >= 0.3 is 5.97 Å². The van der Waals surface area contributed by atoms with E-state index in [1.165, 1.54) is 6.20 Å². The zero-order chi connectivity index (χ0) is 12.3. The van der Waals surface area contributed by atoms with Crippen molar-refractivity contribution in [3.8, 4) is 5.88 Å². The molecular formula is C11H15N3O3. The lowest BCUT2D eigenvalue weighted by molar-refractivity contribution is -0.142. The maximum atomic E-state index is 11.0. The van der Waals surface area contributed by atoms with E-state index in [-0.39, 0.29) is 0 Å². The standard InChI is InChI=1S/C11H15N3O3/c1-2-17-9-6-12-5-8(14-9)13-7-11(3-4-11)10(15)16/h5-6H,2-4,7H2,1H3,(H,13,14)(H,15,16). The number of hydrogen-bond donors (Lipinski definition) is 2. The third-order valence-electron chi connectivity index (χ3n) is 2.82. The van der Waals surface area contributed by atoms with Gasteiger partial charge in [0.05, 0.1) is 24.4 Å². The minimum Gasteiger partial charge on any atom is -0.481 e. The molecule has 0 aromatic carbocycles. The van der Waals surface area contributed by atoms with Gasteiger partial charge in [0, 0.05) is 6.54 Å². The Morgan fingerprint density at radius 2 is 2.35 bits per heavy atom. The second-order valence-electron chi connectivity index (χ2n) is 4.11. The van der Waals surface area contributed by atoms with Gasteiger partial charge in [-0.15, -0.1) is 0 Å². The van der Waals surface area contributed by atoms with E-state index in [0.29, 0.717) is 37.7 Å². The smallest absolute Gasteiger partial charge is 0.311 e. The summed E-state index contributed by atoms with van der Waals surface area (Å²) >= 11 is 0. The van der Waals surface area contributed by atoms with Crippen molar-refractivity contribution in [3.05, 3.63) is 12.4 Å². The second kappa shape index (κ2) is 4.57. The fourth-order valence-corrected chi connectivity index (χ4v) is 1.53. The lowest BCUT2D eigenvalue weighted by atomic mass is 10.1. The monoisotopic (exact) mass is 237 g/mol. The van der Waals surface area contributed by atoms with Crippen LogP contribution in [-0.4, -0.2) is 34.2 Å². The minimum absolute atomic E-state index is 0.382. The summed E-state index contributed by atoms with van der Waals surface area (Å²) in [6, 6.07) is 0. The van der Waals surface area contributed by atoms with Crippen LogP contribution < -0.4 is 10.1 Å². The molecule has 6 heteroatoms. The van der Waals surface area contributed by atoms with Gasteiger partial charge in [-0.25, -0.2) is 0 Å². The van der Waals surface area contributed by atoms with E-state index in [1.807, 2.05) is 6.92 Å². The molecule has 0 amide bonds. The summed E-state index contributed by atoms with van der Waals surface area (Å²) in [5.74, 6) is 0.236. The third-order valence-corrected chi connectivity index (χ3v) is 2.82. The summed E-state index contributed by atoms with van der Waals surface area (Å²) in [6.45, 7) is 2.77. The molecule has 0 bridgehead atoms. The first-order valence-electron chi connectivity index (χ1n) is 5.58. The average Bonchev–Trinajstić information content (AvgIpc) is 3.08. The number of aliphatic carboxylic acids is 1. The van der Waals surface area contributed by atoms with Crippen LogP contribution in [0.4, 0.5) is 5.82 Å². The Morgan fingerprint density at radius 3 is 2.94 bits per heavy atom. The van der Waals surface area contributed by atoms with Crippen molar-refractivity contribution in [3.63, 3.8) is 0 Å². The number of ether oxygens (including phenoxy) is 1. The molecule has 1 saturated carbocycles. The Labute approximate surface area is 99.0 Å². The predicted octanol–water partition coefficient (Wildman–Crippen LogP) is 1.15. The molecule has 1 fully saturated rings. The molecule has 1 aliphatic carbocycles. The fourth-order valence-electron chi connectivity index (χ4n) is 1.53. The summed E-state index contributed by atoms with van der Waals surface area (Å²) < 4.78 is 5.21. The van der Waals surface area contributed by atoms with Crippen LogP contribution in [0.25, 0.3) is 0 Å². The molecule has 1 aromatic rings. The quantitative estimate of drug-likeness (QED) is 0.772. The number of nitrogens with zero attached hydrogens (tertiary/aromatic N) is 2. The SMILES string of the molecule is CCOc1cncc(NCC2(C(=O)O)CC2)n1. The molecular weight excluding hydrogens is 222 g/mol. The van der Waals surface area contributed by atoms with Crippen LogP contribution in [-0.2, 0) is 4.79 Å². The molecule has 0 spiro atoms. The topological polar surface area (TPSA) is 84.3 Å². The molecule has 17 heavy (non-hydrogen) atoms. The van der Waals surface area contributed by atoms with Gasteiger partial charge in [0.25, 0.3) is 0 Å². The summed E-state index contributed by atoms with van der Waals surface area (Å²) in [5.41, 5.74) is -0.608. The molecule has 1 aliphatic rings. The summed E-state index contributed by atoms with van der Waals surface area (Å²) in [5, 5.41) is 12.0. The Hall–Kier alpha value is -1.85. The number of carboxylic acids is 1. The molecule has 6 nitrogen and oxygen atoms in total. The van der Waals surface area contributed by atoms with Crippen molar-refractivity contribution < 1.29 is 14.6 Å². The molecule has 2 N–H and O–H groups in total. The first-order chi connectivity index (χ1) is 8.16. The van der Waals surface area contributed by atoms with Crippen LogP contribution in [0.3, 0.4) is 0 Å². The minimum atomic E-state index is -0.751. The van der Waals surface area contributed by atoms with Gasteiger partial charge in [-0.1, -0.05) is 0 Å². The zero-order valence-electron chi connectivity index (χ0n) is 9.64. The van der Waals surface area contributed by atoms with Crippen LogP contribution >= 0.6 is 0 Å². The Kier molecular flexibility index (Phi) is 3.12. The molecule has 0 radical (unpaired) electrons. The third kappa shape index (κ3) is 2.64. The van der Waals surface area contributed by atoms with Gasteiger partial charge in [-0.3, -0.25) is 9.78 Å². The lowest BCUT2D eigenvalue weighted by Crippen LogP contribution is -2.24. The van der Waals surface area contributed by atoms with Gasteiger partial charge < -0.3 is 15.2 Å². The van der Waals surface area contributed by atoms with Crippen molar-refractivity contribution in [1.29, 1.82) is 0 Å². The maximum absolute atomic E-state index is 11.0. The van der Waals surface area contributed by atoms with E-state index < -0.39 is 11.4 Å². The number of carbonyl (C=O) groups is 1. The van der Waals surface area contributed by atoms with Gasteiger partial charge in [0.2, 0.25) is 5.88 Å². The van der Waals surface area contributed by atoms with Crippen LogP contribution in [0.2, 0.25) is 0 Å². The van der Waals surface area contributed by atoms with Crippen LogP contribution in [0.1, 0.15) is 19.8 Å². The van der Waals surface area contributed by atoms with Gasteiger partial charge in [-0.2, -0.15) is 4.98 Å². The molecule has 92 valence electrons. The van der Waals surface area contributed by atoms with Gasteiger partial charge in [-0.05, 0) is 19.8 Å². The van der Waals surface area contributed by atoms with Crippen molar-refractivity contribution in [2.45, 2.75) is 19.8 Å². The number of nitrogens with one attached hydrogen (secondary N) is 1. The normalized spacial score (nSPS) is 16.3. The number of aromatic nitrogens is 2. The zero-order valence-corrected chi connectivity index (χ0v) is 9.64. The average molecular weight is 237 g/mol. The highest BCUT2D eigenvalue weighted by molar-refractivity contribution is 5.78. The van der Waals surface area contributed by atoms with E-state index in [1.54, 1.807) is 6.20 Å². The number of rotatable bonds is 6. The lowest BCUT2D eigenvalue weighted by Gasteiger charge is -2.11. The van der Waals surface area contributed by atoms with E-state index >= 15 is 0 Å². The molecule has 0 atom stereocenters. The van der Waals surface area contributed by atoms with Crippen LogP contribution in [0, 0.1) is 5.41 Å². The van der Waals surface area contributed by atoms with Crippen molar-refractivity contribution in [2.75, 3.05) is 18.5 Å². The molecule has 0 unspecified atom stereocenters. The van der Waals surface area contributed by atoms with Gasteiger partial charge in [0.1, 0.15) is 5.82 Å². The Morgan fingerprint density at radius 1 is 1.59 bits per heavy atom. The van der Waals surface area contributed by atoms with Crippen molar-refractivity contribution >= 4 is 11.8 Å². The highest BCUT2D eigenvalue weighted by Crippen LogP contribution is 2.45.